The lowest BCUT2D eigenvalue weighted by molar-refractivity contribution is -0.139. The van der Waals surface area contributed by atoms with Crippen LogP contribution in [0.15, 0.2) is 61.9 Å². The smallest absolute Gasteiger partial charge is 0.338 e. The molecule has 38 heavy (non-hydrogen) atoms. The fourth-order valence-corrected chi connectivity index (χ4v) is 6.05. The molecule has 0 saturated carbocycles. The highest BCUT2D eigenvalue weighted by atomic mass is 79.9. The van der Waals surface area contributed by atoms with E-state index in [1.54, 1.807) is 31.6 Å². The molecule has 1 atom stereocenters. The van der Waals surface area contributed by atoms with Gasteiger partial charge in [0.15, 0.2) is 16.3 Å². The molecule has 1 aliphatic heterocycles. The molecule has 0 bridgehead atoms. The molecule has 0 spiro atoms. The van der Waals surface area contributed by atoms with Gasteiger partial charge in [0.1, 0.15) is 0 Å². The van der Waals surface area contributed by atoms with Crippen molar-refractivity contribution in [2.24, 2.45) is 4.99 Å². The number of benzene rings is 2. The van der Waals surface area contributed by atoms with Gasteiger partial charge in [-0.25, -0.2) is 9.79 Å². The maximum absolute atomic E-state index is 13.9. The van der Waals surface area contributed by atoms with Crippen LogP contribution >= 0.6 is 27.3 Å². The molecule has 2 aromatic carbocycles. The first-order valence-electron chi connectivity index (χ1n) is 12.5. The predicted molar refractivity (Wildman–Crippen MR) is 153 cm³/mol. The third-order valence-electron chi connectivity index (χ3n) is 6.27. The van der Waals surface area contributed by atoms with E-state index >= 15 is 0 Å². The van der Waals surface area contributed by atoms with Gasteiger partial charge < -0.3 is 14.2 Å². The third-order valence-corrected chi connectivity index (χ3v) is 7.85. The first-order chi connectivity index (χ1) is 18.2. The molecular weight excluding hydrogens is 568 g/mol. The number of aromatic nitrogens is 1. The van der Waals surface area contributed by atoms with E-state index in [2.05, 4.69) is 34.8 Å². The summed E-state index contributed by atoms with van der Waals surface area (Å²) in [5.74, 6) is 1.05. The Morgan fingerprint density at radius 2 is 1.89 bits per heavy atom. The largest absolute Gasteiger partial charge is 0.493 e. The van der Waals surface area contributed by atoms with Gasteiger partial charge in [0.2, 0.25) is 0 Å². The number of methoxy groups -OCH3 is 1. The normalized spacial score (nSPS) is 15.4. The van der Waals surface area contributed by atoms with E-state index in [0.29, 0.717) is 44.6 Å². The number of thiazole rings is 1. The van der Waals surface area contributed by atoms with E-state index in [-0.39, 0.29) is 12.2 Å². The highest BCUT2D eigenvalue weighted by molar-refractivity contribution is 9.10. The van der Waals surface area contributed by atoms with Gasteiger partial charge in [0.05, 0.1) is 46.6 Å². The molecule has 2 heterocycles. The summed E-state index contributed by atoms with van der Waals surface area (Å²) in [6.45, 7) is 10.4. The van der Waals surface area contributed by atoms with Crippen LogP contribution < -0.4 is 24.4 Å². The molecule has 4 rings (SSSR count). The molecule has 0 unspecified atom stereocenters. The molecule has 1 aromatic heterocycles. The minimum absolute atomic E-state index is 0.230. The van der Waals surface area contributed by atoms with Gasteiger partial charge in [-0.2, -0.15) is 0 Å². The van der Waals surface area contributed by atoms with Gasteiger partial charge >= 0.3 is 5.97 Å². The molecule has 0 N–H and O–H groups in total. The Labute approximate surface area is 234 Å². The quantitative estimate of drug-likeness (QED) is 0.337. The summed E-state index contributed by atoms with van der Waals surface area (Å²) in [6, 6.07) is 11.1. The number of nitrogens with zero attached hydrogens (tertiary/aromatic N) is 2. The Hall–Kier alpha value is -3.17. The second-order valence-electron chi connectivity index (χ2n) is 9.09. The number of carbonyl (C=O) groups is 1. The summed E-state index contributed by atoms with van der Waals surface area (Å²) in [6.07, 6.45) is 1.80. The summed E-state index contributed by atoms with van der Waals surface area (Å²) in [5, 5.41) is 0. The van der Waals surface area contributed by atoms with Gasteiger partial charge in [-0.3, -0.25) is 9.36 Å². The topological polar surface area (TPSA) is 79.1 Å². The first-order valence-corrected chi connectivity index (χ1v) is 14.1. The lowest BCUT2D eigenvalue weighted by Crippen LogP contribution is -2.39. The van der Waals surface area contributed by atoms with Crippen molar-refractivity contribution in [1.29, 1.82) is 0 Å². The van der Waals surface area contributed by atoms with Crippen molar-refractivity contribution in [2.75, 3.05) is 20.3 Å². The number of fused-ring (bicyclic) bond motifs is 1. The van der Waals surface area contributed by atoms with Crippen molar-refractivity contribution in [3.63, 3.8) is 0 Å². The predicted octanol–water partition coefficient (Wildman–Crippen LogP) is 5.09. The Morgan fingerprint density at radius 1 is 1.18 bits per heavy atom. The number of ether oxygens (including phenoxy) is 3. The van der Waals surface area contributed by atoms with Crippen LogP contribution in [0.2, 0.25) is 0 Å². The van der Waals surface area contributed by atoms with Crippen molar-refractivity contribution in [3.05, 3.63) is 88.5 Å². The Bertz CT molecular complexity index is 1570. The molecule has 0 radical (unpaired) electrons. The van der Waals surface area contributed by atoms with Gasteiger partial charge in [-0.15, -0.1) is 0 Å². The van der Waals surface area contributed by atoms with Crippen LogP contribution in [0, 0.1) is 0 Å². The van der Waals surface area contributed by atoms with Crippen LogP contribution in [0.1, 0.15) is 63.3 Å². The highest BCUT2D eigenvalue weighted by Gasteiger charge is 2.33. The van der Waals surface area contributed by atoms with Crippen LogP contribution in [0.3, 0.4) is 0 Å². The van der Waals surface area contributed by atoms with Crippen LogP contribution in [-0.4, -0.2) is 30.9 Å². The van der Waals surface area contributed by atoms with Gasteiger partial charge in [-0.05, 0) is 77.5 Å². The van der Waals surface area contributed by atoms with E-state index in [9.17, 15) is 9.59 Å². The van der Waals surface area contributed by atoms with Crippen molar-refractivity contribution in [1.82, 2.24) is 4.57 Å². The summed E-state index contributed by atoms with van der Waals surface area (Å²) in [4.78, 5) is 32.1. The molecule has 7 nitrogen and oxygen atoms in total. The zero-order chi connectivity index (χ0) is 27.6. The molecule has 9 heteroatoms. The second kappa shape index (κ2) is 11.7. The number of halogens is 1. The lowest BCUT2D eigenvalue weighted by Gasteiger charge is -2.25. The number of rotatable bonds is 8. The molecule has 3 aromatic rings. The van der Waals surface area contributed by atoms with E-state index in [1.807, 2.05) is 43.3 Å². The average molecular weight is 600 g/mol. The zero-order valence-corrected chi connectivity index (χ0v) is 24.7. The maximum atomic E-state index is 13.9. The van der Waals surface area contributed by atoms with Gasteiger partial charge in [0, 0.05) is 0 Å². The average Bonchev–Trinajstić information content (AvgIpc) is 3.18. The number of allylic oxidation sites excluding steroid dienone is 1. The fraction of sp³-hybridized carbons (Fsp3) is 0.345. The standard InChI is InChI=1S/C29H31BrN2O5S/c1-7-36-26-21(30)13-18(14-22(26)35-6)15-23-27(33)32-25(20-11-9-19(10-12-20)16(3)4)24(28(34)37-8-2)17(5)31-29(32)38-23/h9-16,25H,7-8H2,1-6H3/b23-15-/t25-/m0/s1. The number of hydrogen-bond donors (Lipinski definition) is 0. The summed E-state index contributed by atoms with van der Waals surface area (Å²) >= 11 is 4.83. The van der Waals surface area contributed by atoms with E-state index < -0.39 is 12.0 Å². The van der Waals surface area contributed by atoms with Crippen molar-refractivity contribution < 1.29 is 19.0 Å². The van der Waals surface area contributed by atoms with Crippen LogP contribution in [0.5, 0.6) is 11.5 Å². The van der Waals surface area contributed by atoms with Crippen molar-refractivity contribution >= 4 is 39.3 Å². The maximum Gasteiger partial charge on any atom is 0.338 e. The number of carbonyl (C=O) groups excluding carboxylic acids is 1. The minimum Gasteiger partial charge on any atom is -0.493 e. The Kier molecular flexibility index (Phi) is 8.57. The van der Waals surface area contributed by atoms with Crippen LogP contribution in [0.4, 0.5) is 0 Å². The highest BCUT2D eigenvalue weighted by Crippen LogP contribution is 2.37. The van der Waals surface area contributed by atoms with E-state index in [4.69, 9.17) is 14.2 Å². The summed E-state index contributed by atoms with van der Waals surface area (Å²) in [7, 11) is 1.58. The number of esters is 1. The molecule has 0 fully saturated rings. The molecule has 0 amide bonds. The van der Waals surface area contributed by atoms with Crippen LogP contribution in [-0.2, 0) is 9.53 Å². The van der Waals surface area contributed by atoms with Crippen LogP contribution in [0.25, 0.3) is 6.08 Å². The first kappa shape index (κ1) is 27.9. The third kappa shape index (κ3) is 5.35. The SMILES string of the molecule is CCOC(=O)C1=C(C)N=c2s/c(=C\c3cc(Br)c(OCC)c(OC)c3)c(=O)n2[C@H]1c1ccc(C(C)C)cc1. The second-order valence-corrected chi connectivity index (χ2v) is 11.0. The zero-order valence-electron chi connectivity index (χ0n) is 22.3. The molecule has 0 saturated heterocycles. The lowest BCUT2D eigenvalue weighted by atomic mass is 9.93. The monoisotopic (exact) mass is 598 g/mol. The van der Waals surface area contributed by atoms with Gasteiger partial charge in [0.25, 0.3) is 5.56 Å². The van der Waals surface area contributed by atoms with Crippen molar-refractivity contribution in [3.8, 4) is 11.5 Å². The summed E-state index contributed by atoms with van der Waals surface area (Å²) < 4.78 is 19.4. The van der Waals surface area contributed by atoms with Crippen molar-refractivity contribution in [2.45, 2.75) is 46.6 Å². The fourth-order valence-electron chi connectivity index (χ4n) is 4.43. The van der Waals surface area contributed by atoms with E-state index in [1.165, 1.54) is 16.9 Å². The molecular formula is C29H31BrN2O5S. The minimum atomic E-state index is -0.643. The molecule has 1 aliphatic rings. The summed E-state index contributed by atoms with van der Waals surface area (Å²) in [5.41, 5.74) is 3.44. The molecule has 200 valence electrons. The van der Waals surface area contributed by atoms with Gasteiger partial charge in [-0.1, -0.05) is 49.4 Å². The Balaban J connectivity index is 1.91. The number of hydrogen-bond acceptors (Lipinski definition) is 7. The van der Waals surface area contributed by atoms with E-state index in [0.717, 1.165) is 15.6 Å². The molecule has 0 aliphatic carbocycles. The Morgan fingerprint density at radius 3 is 2.50 bits per heavy atom.